The fourth-order valence-electron chi connectivity index (χ4n) is 1.80. The summed E-state index contributed by atoms with van der Waals surface area (Å²) in [6.45, 7) is 11.1. The molecule has 0 radical (unpaired) electrons. The fraction of sp³-hybridized carbons (Fsp3) is 1.00. The molecule has 0 unspecified atom stereocenters. The van der Waals surface area contributed by atoms with Gasteiger partial charge >= 0.3 is 0 Å². The van der Waals surface area contributed by atoms with E-state index in [1.807, 2.05) is 27.7 Å². The average Bonchev–Trinajstić information content (AvgIpc) is 2.48. The quantitative estimate of drug-likeness (QED) is 0.650. The van der Waals surface area contributed by atoms with E-state index in [-0.39, 0.29) is 0 Å². The summed E-state index contributed by atoms with van der Waals surface area (Å²) in [7, 11) is 0. The van der Waals surface area contributed by atoms with Crippen molar-refractivity contribution < 1.29 is 4.74 Å². The van der Waals surface area contributed by atoms with Crippen molar-refractivity contribution in [2.75, 3.05) is 19.8 Å². The number of ether oxygens (including phenoxy) is 1. The van der Waals surface area contributed by atoms with Crippen LogP contribution in [-0.2, 0) is 4.74 Å². The molecule has 0 amide bonds. The van der Waals surface area contributed by atoms with Crippen LogP contribution in [0, 0.1) is 0 Å². The van der Waals surface area contributed by atoms with Crippen LogP contribution in [0.4, 0.5) is 0 Å². The van der Waals surface area contributed by atoms with Gasteiger partial charge in [-0.05, 0) is 19.4 Å². The van der Waals surface area contributed by atoms with Gasteiger partial charge in [0.25, 0.3) is 0 Å². The van der Waals surface area contributed by atoms with Crippen molar-refractivity contribution in [3.8, 4) is 0 Å². The summed E-state index contributed by atoms with van der Waals surface area (Å²) in [5.41, 5.74) is 0.413. The number of nitrogens with one attached hydrogen (secondary N) is 1. The van der Waals surface area contributed by atoms with Crippen LogP contribution in [-0.4, -0.2) is 25.3 Å². The lowest BCUT2D eigenvalue weighted by Gasteiger charge is -2.41. The van der Waals surface area contributed by atoms with Crippen LogP contribution in [0.3, 0.4) is 0 Å². The molecule has 1 N–H and O–H groups in total. The van der Waals surface area contributed by atoms with E-state index in [1.54, 1.807) is 0 Å². The van der Waals surface area contributed by atoms with Crippen LogP contribution in [0.15, 0.2) is 0 Å². The third-order valence-electron chi connectivity index (χ3n) is 2.59. The Balaban J connectivity index is 0.000000379. The van der Waals surface area contributed by atoms with E-state index >= 15 is 0 Å². The minimum atomic E-state index is 0.413. The minimum Gasteiger partial charge on any atom is -0.377 e. The molecule has 86 valence electrons. The Labute approximate surface area is 89.4 Å². The molecule has 2 fully saturated rings. The molecule has 2 heteroatoms. The molecule has 2 saturated heterocycles. The predicted octanol–water partition coefficient (Wildman–Crippen LogP) is 2.97. The highest BCUT2D eigenvalue weighted by atomic mass is 16.5. The van der Waals surface area contributed by atoms with E-state index in [0.717, 1.165) is 13.2 Å². The molecule has 0 aromatic heterocycles. The fourth-order valence-corrected chi connectivity index (χ4v) is 1.80. The molecule has 14 heavy (non-hydrogen) atoms. The van der Waals surface area contributed by atoms with Crippen molar-refractivity contribution >= 4 is 0 Å². The first-order chi connectivity index (χ1) is 6.91. The van der Waals surface area contributed by atoms with Crippen molar-refractivity contribution in [1.82, 2.24) is 5.32 Å². The molecule has 1 spiro atoms. The Morgan fingerprint density at radius 3 is 2.07 bits per heavy atom. The highest BCUT2D eigenvalue weighted by Gasteiger charge is 2.37. The van der Waals surface area contributed by atoms with E-state index in [4.69, 9.17) is 4.74 Å². The molecule has 2 nitrogen and oxygen atoms in total. The zero-order valence-corrected chi connectivity index (χ0v) is 10.4. The van der Waals surface area contributed by atoms with Crippen molar-refractivity contribution in [1.29, 1.82) is 0 Å². The van der Waals surface area contributed by atoms with Crippen molar-refractivity contribution in [3.63, 3.8) is 0 Å². The van der Waals surface area contributed by atoms with E-state index in [0.29, 0.717) is 5.54 Å². The zero-order chi connectivity index (χ0) is 10.9. The lowest BCUT2D eigenvalue weighted by molar-refractivity contribution is -0.0759. The maximum atomic E-state index is 5.21. The van der Waals surface area contributed by atoms with Gasteiger partial charge in [0.2, 0.25) is 0 Å². The third kappa shape index (κ3) is 3.97. The Bertz CT molecular complexity index is 111. The second-order valence-electron chi connectivity index (χ2n) is 3.51. The van der Waals surface area contributed by atoms with Gasteiger partial charge in [0.1, 0.15) is 0 Å². The molecule has 2 heterocycles. The summed E-state index contributed by atoms with van der Waals surface area (Å²) in [5.74, 6) is 0. The summed E-state index contributed by atoms with van der Waals surface area (Å²) in [6.07, 6.45) is 5.46. The van der Waals surface area contributed by atoms with Gasteiger partial charge in [0.15, 0.2) is 0 Å². The monoisotopic (exact) mass is 201 g/mol. The lowest BCUT2D eigenvalue weighted by atomic mass is 9.92. The van der Waals surface area contributed by atoms with E-state index < -0.39 is 0 Å². The van der Waals surface area contributed by atoms with Gasteiger partial charge in [-0.25, -0.2) is 0 Å². The minimum absolute atomic E-state index is 0.413. The van der Waals surface area contributed by atoms with Crippen LogP contribution in [0.1, 0.15) is 53.4 Å². The average molecular weight is 201 g/mol. The predicted molar refractivity (Wildman–Crippen MR) is 62.7 cm³/mol. The zero-order valence-electron chi connectivity index (χ0n) is 10.4. The van der Waals surface area contributed by atoms with Crippen molar-refractivity contribution in [3.05, 3.63) is 0 Å². The summed E-state index contributed by atoms with van der Waals surface area (Å²) in [6, 6.07) is 0. The Morgan fingerprint density at radius 2 is 1.57 bits per heavy atom. The first kappa shape index (κ1) is 13.9. The second-order valence-corrected chi connectivity index (χ2v) is 3.51. The highest BCUT2D eigenvalue weighted by Crippen LogP contribution is 2.25. The Morgan fingerprint density at radius 1 is 0.929 bits per heavy atom. The van der Waals surface area contributed by atoms with Crippen LogP contribution in [0.2, 0.25) is 0 Å². The first-order valence-corrected chi connectivity index (χ1v) is 6.24. The first-order valence-electron chi connectivity index (χ1n) is 6.24. The van der Waals surface area contributed by atoms with Crippen LogP contribution >= 0.6 is 0 Å². The largest absolute Gasteiger partial charge is 0.377 e. The van der Waals surface area contributed by atoms with E-state index in [2.05, 4.69) is 5.32 Å². The van der Waals surface area contributed by atoms with Gasteiger partial charge in [-0.3, -0.25) is 0 Å². The van der Waals surface area contributed by atoms with Gasteiger partial charge in [0.05, 0.1) is 18.8 Å². The number of hydrogen-bond donors (Lipinski definition) is 1. The normalized spacial score (nSPS) is 23.1. The molecule has 0 aromatic rings. The Kier molecular flexibility index (Phi) is 8.20. The molecule has 2 aliphatic rings. The smallest absolute Gasteiger partial charge is 0.0671 e. The molecular weight excluding hydrogens is 174 g/mol. The van der Waals surface area contributed by atoms with Gasteiger partial charge in [-0.1, -0.05) is 40.5 Å². The Hall–Kier alpha value is -0.0800. The van der Waals surface area contributed by atoms with Crippen molar-refractivity contribution in [2.24, 2.45) is 0 Å². The van der Waals surface area contributed by atoms with Crippen LogP contribution < -0.4 is 5.32 Å². The molecule has 0 aliphatic carbocycles. The van der Waals surface area contributed by atoms with Gasteiger partial charge < -0.3 is 10.1 Å². The molecule has 0 aromatic carbocycles. The standard InChI is InChI=1S/C8H15NO.2C2H6/c1-2-4-8(6-10-7-8)9-5-3-1;2*1-2/h9H,1-7H2;2*1-2H3. The molecule has 0 bridgehead atoms. The van der Waals surface area contributed by atoms with Crippen LogP contribution in [0.25, 0.3) is 0 Å². The van der Waals surface area contributed by atoms with Crippen LogP contribution in [0.5, 0.6) is 0 Å². The summed E-state index contributed by atoms with van der Waals surface area (Å²) >= 11 is 0. The summed E-state index contributed by atoms with van der Waals surface area (Å²) < 4.78 is 5.21. The second kappa shape index (κ2) is 8.25. The SMILES string of the molecule is C1CCNC2(CC1)COC2.CC.CC. The maximum absolute atomic E-state index is 5.21. The topological polar surface area (TPSA) is 21.3 Å². The molecule has 2 rings (SSSR count). The van der Waals surface area contributed by atoms with Crippen molar-refractivity contribution in [2.45, 2.75) is 58.9 Å². The summed E-state index contributed by atoms with van der Waals surface area (Å²) in [5, 5.41) is 3.57. The van der Waals surface area contributed by atoms with E-state index in [1.165, 1.54) is 32.2 Å². The van der Waals surface area contributed by atoms with E-state index in [9.17, 15) is 0 Å². The third-order valence-corrected chi connectivity index (χ3v) is 2.59. The van der Waals surface area contributed by atoms with Gasteiger partial charge in [0, 0.05) is 0 Å². The lowest BCUT2D eigenvalue weighted by Crippen LogP contribution is -2.59. The number of rotatable bonds is 0. The highest BCUT2D eigenvalue weighted by molar-refractivity contribution is 4.95. The molecular formula is C12H27NO. The molecule has 0 saturated carbocycles. The number of hydrogen-bond acceptors (Lipinski definition) is 2. The molecule has 0 atom stereocenters. The van der Waals surface area contributed by atoms with Gasteiger partial charge in [-0.2, -0.15) is 0 Å². The van der Waals surface area contributed by atoms with Gasteiger partial charge in [-0.15, -0.1) is 0 Å². The maximum Gasteiger partial charge on any atom is 0.0671 e. The molecule has 2 aliphatic heterocycles. The summed E-state index contributed by atoms with van der Waals surface area (Å²) in [4.78, 5) is 0.